The molecule has 0 heterocycles. The van der Waals surface area contributed by atoms with Crippen LogP contribution in [0.3, 0.4) is 0 Å². The molecule has 0 unspecified atom stereocenters. The van der Waals surface area contributed by atoms with Gasteiger partial charge in [-0.15, -0.1) is 0 Å². The van der Waals surface area contributed by atoms with Crippen molar-refractivity contribution >= 4 is 12.0 Å². The largest absolute Gasteiger partial charge is 0.490 e. The molecule has 1 aromatic carbocycles. The third kappa shape index (κ3) is 6.56. The van der Waals surface area contributed by atoms with Gasteiger partial charge >= 0.3 is 6.61 Å². The summed E-state index contributed by atoms with van der Waals surface area (Å²) in [5.74, 6) is 0.345. The van der Waals surface area contributed by atoms with Gasteiger partial charge < -0.3 is 14.8 Å². The van der Waals surface area contributed by atoms with Crippen LogP contribution in [0, 0.1) is 5.92 Å². The van der Waals surface area contributed by atoms with E-state index in [9.17, 15) is 13.6 Å². The van der Waals surface area contributed by atoms with E-state index in [0.29, 0.717) is 24.6 Å². The number of hydrogen-bond donors (Lipinski definition) is 1. The van der Waals surface area contributed by atoms with Gasteiger partial charge in [-0.2, -0.15) is 8.78 Å². The lowest BCUT2D eigenvalue weighted by Crippen LogP contribution is -2.25. The number of ether oxygens (including phenoxy) is 2. The van der Waals surface area contributed by atoms with E-state index in [1.54, 1.807) is 25.1 Å². The number of hydrogen-bond acceptors (Lipinski definition) is 3. The second kappa shape index (κ2) is 9.02. The van der Waals surface area contributed by atoms with E-state index in [2.05, 4.69) is 10.1 Å². The quantitative estimate of drug-likeness (QED) is 0.748. The molecule has 4 nitrogen and oxygen atoms in total. The fourth-order valence-electron chi connectivity index (χ4n) is 1.63. The highest BCUT2D eigenvalue weighted by Gasteiger charge is 2.11. The van der Waals surface area contributed by atoms with Crippen LogP contribution in [0.1, 0.15) is 26.3 Å². The molecule has 0 saturated heterocycles. The molecule has 0 spiro atoms. The fraction of sp³-hybridized carbons (Fsp3) is 0.438. The smallest absolute Gasteiger partial charge is 0.387 e. The van der Waals surface area contributed by atoms with Crippen LogP contribution >= 0.6 is 0 Å². The lowest BCUT2D eigenvalue weighted by atomic mass is 10.2. The molecule has 0 saturated carbocycles. The van der Waals surface area contributed by atoms with Crippen molar-refractivity contribution in [3.8, 4) is 11.5 Å². The Morgan fingerprint density at radius 3 is 2.64 bits per heavy atom. The summed E-state index contributed by atoms with van der Waals surface area (Å²) in [7, 11) is 0. The molecule has 1 N–H and O–H groups in total. The Morgan fingerprint density at radius 2 is 2.05 bits per heavy atom. The van der Waals surface area contributed by atoms with E-state index >= 15 is 0 Å². The number of benzene rings is 1. The van der Waals surface area contributed by atoms with Gasteiger partial charge in [-0.25, -0.2) is 0 Å². The van der Waals surface area contributed by atoms with Crippen LogP contribution in [0.5, 0.6) is 11.5 Å². The molecule has 1 amide bonds. The van der Waals surface area contributed by atoms with Crippen molar-refractivity contribution in [1.82, 2.24) is 5.32 Å². The molecule has 0 aliphatic heterocycles. The van der Waals surface area contributed by atoms with Crippen molar-refractivity contribution in [2.24, 2.45) is 5.92 Å². The highest BCUT2D eigenvalue weighted by atomic mass is 19.3. The number of carbonyl (C=O) groups excluding carboxylic acids is 1. The lowest BCUT2D eigenvalue weighted by Gasteiger charge is -2.11. The van der Waals surface area contributed by atoms with Crippen LogP contribution in [-0.4, -0.2) is 25.7 Å². The Bertz CT molecular complexity index is 516. The third-order valence-corrected chi connectivity index (χ3v) is 2.60. The summed E-state index contributed by atoms with van der Waals surface area (Å²) in [6.07, 6.45) is 2.98. The van der Waals surface area contributed by atoms with Crippen molar-refractivity contribution in [3.63, 3.8) is 0 Å². The molecule has 0 radical (unpaired) electrons. The molecule has 122 valence electrons. The number of rotatable bonds is 8. The van der Waals surface area contributed by atoms with Crippen molar-refractivity contribution in [2.75, 3.05) is 13.2 Å². The molecule has 6 heteroatoms. The molecule has 1 aromatic rings. The summed E-state index contributed by atoms with van der Waals surface area (Å²) >= 11 is 0. The average Bonchev–Trinajstić information content (AvgIpc) is 2.45. The predicted octanol–water partition coefficient (Wildman–Crippen LogP) is 3.47. The predicted molar refractivity (Wildman–Crippen MR) is 81.1 cm³/mol. The van der Waals surface area contributed by atoms with Crippen LogP contribution in [0.15, 0.2) is 24.3 Å². The van der Waals surface area contributed by atoms with Gasteiger partial charge in [-0.1, -0.05) is 19.9 Å². The summed E-state index contributed by atoms with van der Waals surface area (Å²) in [5.41, 5.74) is 0.657. The first kappa shape index (κ1) is 17.9. The minimum Gasteiger partial charge on any atom is -0.490 e. The van der Waals surface area contributed by atoms with Gasteiger partial charge in [-0.3, -0.25) is 4.79 Å². The van der Waals surface area contributed by atoms with Gasteiger partial charge in [0.1, 0.15) is 0 Å². The number of nitrogens with one attached hydrogen (secondary N) is 1. The molecule has 0 aliphatic carbocycles. The summed E-state index contributed by atoms with van der Waals surface area (Å²) in [4.78, 5) is 11.6. The number of alkyl halides is 2. The maximum atomic E-state index is 12.3. The Morgan fingerprint density at radius 1 is 1.32 bits per heavy atom. The zero-order valence-electron chi connectivity index (χ0n) is 12.9. The van der Waals surface area contributed by atoms with Crippen LogP contribution in [0.25, 0.3) is 6.08 Å². The monoisotopic (exact) mass is 313 g/mol. The van der Waals surface area contributed by atoms with Gasteiger partial charge in [0.05, 0.1) is 6.61 Å². The van der Waals surface area contributed by atoms with Crippen LogP contribution in [0.4, 0.5) is 8.78 Å². The van der Waals surface area contributed by atoms with E-state index in [0.717, 1.165) is 0 Å². The summed E-state index contributed by atoms with van der Waals surface area (Å²) in [5, 5.41) is 2.75. The number of halogens is 2. The Hall–Kier alpha value is -2.11. The number of amides is 1. The van der Waals surface area contributed by atoms with E-state index in [-0.39, 0.29) is 17.4 Å². The topological polar surface area (TPSA) is 47.6 Å². The zero-order chi connectivity index (χ0) is 16.5. The van der Waals surface area contributed by atoms with Gasteiger partial charge in [0.2, 0.25) is 5.91 Å². The van der Waals surface area contributed by atoms with E-state index in [1.165, 1.54) is 12.1 Å². The van der Waals surface area contributed by atoms with Crippen LogP contribution in [-0.2, 0) is 4.79 Å². The highest BCUT2D eigenvalue weighted by Crippen LogP contribution is 2.30. The maximum Gasteiger partial charge on any atom is 0.387 e. The van der Waals surface area contributed by atoms with Gasteiger partial charge in [0, 0.05) is 12.6 Å². The molecular formula is C16H21F2NO3. The van der Waals surface area contributed by atoms with E-state index in [1.807, 2.05) is 13.8 Å². The first-order valence-corrected chi connectivity index (χ1v) is 7.10. The van der Waals surface area contributed by atoms with Gasteiger partial charge in [0.15, 0.2) is 11.5 Å². The molecule has 0 aromatic heterocycles. The molecule has 0 aliphatic rings. The first-order chi connectivity index (χ1) is 10.4. The standard InChI is InChI=1S/C16H21F2NO3/c1-4-21-14-9-12(5-7-13(14)22-16(17)18)6-8-15(20)19-10-11(2)3/h5-9,11,16H,4,10H2,1-3H3,(H,19,20)/b8-6+. The summed E-state index contributed by atoms with van der Waals surface area (Å²) in [6.45, 7) is 3.74. The Balaban J connectivity index is 2.78. The highest BCUT2D eigenvalue weighted by molar-refractivity contribution is 5.91. The SMILES string of the molecule is CCOc1cc(/C=C/C(=O)NCC(C)C)ccc1OC(F)F. The second-order valence-electron chi connectivity index (χ2n) is 4.99. The first-order valence-electron chi connectivity index (χ1n) is 7.10. The molecule has 0 atom stereocenters. The molecule has 0 bridgehead atoms. The minimum atomic E-state index is -2.91. The number of carbonyl (C=O) groups is 1. The van der Waals surface area contributed by atoms with Crippen molar-refractivity contribution in [3.05, 3.63) is 29.8 Å². The van der Waals surface area contributed by atoms with E-state index < -0.39 is 6.61 Å². The van der Waals surface area contributed by atoms with Crippen LogP contribution in [0.2, 0.25) is 0 Å². The third-order valence-electron chi connectivity index (χ3n) is 2.60. The van der Waals surface area contributed by atoms with Gasteiger partial charge in [-0.05, 0) is 36.6 Å². The van der Waals surface area contributed by atoms with Gasteiger partial charge in [0.25, 0.3) is 0 Å². The summed E-state index contributed by atoms with van der Waals surface area (Å²) in [6, 6.07) is 4.52. The van der Waals surface area contributed by atoms with Crippen LogP contribution < -0.4 is 14.8 Å². The fourth-order valence-corrected chi connectivity index (χ4v) is 1.63. The molecular weight excluding hydrogens is 292 g/mol. The van der Waals surface area contributed by atoms with Crippen molar-refractivity contribution < 1.29 is 23.0 Å². The van der Waals surface area contributed by atoms with Crippen molar-refractivity contribution in [1.29, 1.82) is 0 Å². The summed E-state index contributed by atoms with van der Waals surface area (Å²) < 4.78 is 34.3. The molecule has 22 heavy (non-hydrogen) atoms. The maximum absolute atomic E-state index is 12.3. The van der Waals surface area contributed by atoms with Crippen molar-refractivity contribution in [2.45, 2.75) is 27.4 Å². The average molecular weight is 313 g/mol. The van der Waals surface area contributed by atoms with E-state index in [4.69, 9.17) is 4.74 Å². The zero-order valence-corrected chi connectivity index (χ0v) is 12.9. The lowest BCUT2D eigenvalue weighted by molar-refractivity contribution is -0.116. The Kier molecular flexibility index (Phi) is 7.36. The molecule has 0 fully saturated rings. The minimum absolute atomic E-state index is 0.0294. The second-order valence-corrected chi connectivity index (χ2v) is 4.99. The Labute approximate surface area is 129 Å². The molecule has 1 rings (SSSR count). The normalized spacial score (nSPS) is 11.2.